The number of hydrogen-bond donors (Lipinski definition) is 0. The van der Waals surface area contributed by atoms with Crippen molar-refractivity contribution in [2.24, 2.45) is 0 Å². The molecular weight excluding hydrogens is 519 g/mol. The average molecular weight is 545 g/mol. The zero-order valence-electron chi connectivity index (χ0n) is 19.4. The van der Waals surface area contributed by atoms with Gasteiger partial charge in [0, 0.05) is 66.9 Å². The van der Waals surface area contributed by atoms with Gasteiger partial charge in [-0.25, -0.2) is 9.97 Å². The van der Waals surface area contributed by atoms with Crippen LogP contribution < -0.4 is 0 Å². The van der Waals surface area contributed by atoms with E-state index in [0.29, 0.717) is 12.2 Å². The second-order valence-corrected chi connectivity index (χ2v) is 8.30. The zero-order chi connectivity index (χ0) is 23.2. The fourth-order valence-electron chi connectivity index (χ4n) is 3.81. The molecule has 5 rings (SSSR count). The first-order chi connectivity index (χ1) is 16.1. The van der Waals surface area contributed by atoms with Crippen LogP contribution in [0.1, 0.15) is 29.3 Å². The number of hydrogen-bond acceptors (Lipinski definition) is 3. The first-order valence-electron chi connectivity index (χ1n) is 11.1. The van der Waals surface area contributed by atoms with Gasteiger partial charge in [0.15, 0.2) is 5.82 Å². The first-order valence-corrected chi connectivity index (χ1v) is 11.4. The quantitative estimate of drug-likeness (QED) is 0.267. The second kappa shape index (κ2) is 12.5. The van der Waals surface area contributed by atoms with Crippen LogP contribution in [-0.2, 0) is 52.1 Å². The molecule has 0 spiro atoms. The van der Waals surface area contributed by atoms with Gasteiger partial charge in [0.25, 0.3) is 0 Å². The van der Waals surface area contributed by atoms with Crippen LogP contribution in [-0.4, -0.2) is 21.5 Å². The molecule has 0 aliphatic carbocycles. The molecule has 4 aromatic rings. The molecule has 0 saturated carbocycles. The Morgan fingerprint density at radius 1 is 1.06 bits per heavy atom. The van der Waals surface area contributed by atoms with Crippen molar-refractivity contribution in [2.75, 3.05) is 6.54 Å². The first kappa shape index (κ1) is 26.4. The van der Waals surface area contributed by atoms with E-state index >= 15 is 0 Å². The maximum Gasteiger partial charge on any atom is 0.161 e. The van der Waals surface area contributed by atoms with Crippen molar-refractivity contribution in [1.82, 2.24) is 15.0 Å². The molecule has 0 bridgehead atoms. The van der Waals surface area contributed by atoms with Crippen LogP contribution >= 0.6 is 11.6 Å². The van der Waals surface area contributed by atoms with Crippen LogP contribution in [0.25, 0.3) is 33.7 Å². The predicted molar refractivity (Wildman–Crippen MR) is 136 cm³/mol. The molecule has 3 heterocycles. The van der Waals surface area contributed by atoms with Gasteiger partial charge in [0.05, 0.1) is 5.69 Å². The van der Waals surface area contributed by atoms with E-state index in [9.17, 15) is 0 Å². The van der Waals surface area contributed by atoms with Gasteiger partial charge in [-0.3, -0.25) is 4.98 Å². The Bertz CT molecular complexity index is 1250. The van der Waals surface area contributed by atoms with Crippen molar-refractivity contribution in [3.63, 3.8) is 0 Å². The molecule has 1 aliphatic rings. The smallest absolute Gasteiger partial charge is 0.161 e. The number of aryl methyl sites for hydroxylation is 2. The van der Waals surface area contributed by atoms with Crippen molar-refractivity contribution >= 4 is 17.3 Å². The van der Waals surface area contributed by atoms with Crippen molar-refractivity contribution in [3.8, 4) is 22.6 Å². The van der Waals surface area contributed by atoms with Crippen LogP contribution in [0, 0.1) is 6.92 Å². The summed E-state index contributed by atoms with van der Waals surface area (Å²) < 4.78 is 0. The molecule has 34 heavy (non-hydrogen) atoms. The minimum absolute atomic E-state index is 0. The van der Waals surface area contributed by atoms with Crippen LogP contribution in [0.15, 0.2) is 67.0 Å². The molecule has 5 nitrogen and oxygen atoms in total. The normalized spacial score (nSPS) is 12.1. The molecule has 0 amide bonds. The summed E-state index contributed by atoms with van der Waals surface area (Å²) in [6.07, 6.45) is 5.36. The van der Waals surface area contributed by atoms with E-state index in [4.69, 9.17) is 27.3 Å². The molecule has 7 heteroatoms. The predicted octanol–water partition coefficient (Wildman–Crippen LogP) is 7.53. The number of nitrogens with one attached hydrogen (secondary N) is 1. The number of benzene rings is 2. The van der Waals surface area contributed by atoms with Gasteiger partial charge in [0.1, 0.15) is 0 Å². The van der Waals surface area contributed by atoms with Gasteiger partial charge >= 0.3 is 0 Å². The van der Waals surface area contributed by atoms with E-state index < -0.39 is 0 Å². The molecule has 2 aromatic heterocycles. The van der Waals surface area contributed by atoms with Crippen molar-refractivity contribution in [2.45, 2.75) is 33.2 Å². The Hall–Kier alpha value is -2.18. The van der Waals surface area contributed by atoms with E-state index in [-0.39, 0.29) is 32.7 Å². The molecule has 2 aromatic carbocycles. The van der Waals surface area contributed by atoms with Crippen molar-refractivity contribution in [3.05, 3.63) is 105 Å². The van der Waals surface area contributed by atoms with E-state index in [1.807, 2.05) is 25.3 Å². The molecule has 0 atom stereocenters. The molecule has 1 aliphatic heterocycles. The number of pyridine rings is 1. The molecular formula is C27H26ClN5Y-2. The van der Waals surface area contributed by atoms with Crippen LogP contribution in [0.3, 0.4) is 0 Å². The summed E-state index contributed by atoms with van der Waals surface area (Å²) in [6, 6.07) is 17.5. The number of aromatic nitrogens is 3. The SMILES string of the molecule is CCc1cc([NH-])ccc1Cl.Cc1ccccc1-c1nc(-c2cccnc2)nc2c1C[N-]CC2.[Y]. The van der Waals surface area contributed by atoms with Gasteiger partial charge < -0.3 is 11.1 Å². The summed E-state index contributed by atoms with van der Waals surface area (Å²) in [6.45, 7) is 5.68. The molecule has 1 radical (unpaired) electrons. The second-order valence-electron chi connectivity index (χ2n) is 7.89. The summed E-state index contributed by atoms with van der Waals surface area (Å²) >= 11 is 5.81. The minimum Gasteiger partial charge on any atom is -0.699 e. The van der Waals surface area contributed by atoms with Gasteiger partial charge in [-0.2, -0.15) is 0 Å². The Kier molecular flexibility index (Phi) is 9.72. The molecule has 171 valence electrons. The summed E-state index contributed by atoms with van der Waals surface area (Å²) in [5.41, 5.74) is 15.5. The minimum atomic E-state index is 0. The molecule has 0 unspecified atom stereocenters. The van der Waals surface area contributed by atoms with Crippen molar-refractivity contribution < 1.29 is 32.7 Å². The molecule has 1 N–H and O–H groups in total. The average Bonchev–Trinajstić information content (AvgIpc) is 2.86. The summed E-state index contributed by atoms with van der Waals surface area (Å²) in [5, 5.41) is 5.31. The topological polar surface area (TPSA) is 76.6 Å². The maximum absolute atomic E-state index is 7.28. The third-order valence-corrected chi connectivity index (χ3v) is 5.98. The van der Waals surface area contributed by atoms with E-state index in [2.05, 4.69) is 41.5 Å². The molecule has 0 saturated heterocycles. The maximum atomic E-state index is 7.28. The zero-order valence-corrected chi connectivity index (χ0v) is 23.0. The number of fused-ring (bicyclic) bond motifs is 1. The van der Waals surface area contributed by atoms with Crippen LogP contribution in [0.4, 0.5) is 5.69 Å². The summed E-state index contributed by atoms with van der Waals surface area (Å²) in [7, 11) is 0. The Morgan fingerprint density at radius 2 is 1.88 bits per heavy atom. The van der Waals surface area contributed by atoms with Crippen molar-refractivity contribution in [1.29, 1.82) is 0 Å². The fraction of sp³-hybridized carbons (Fsp3) is 0.222. The van der Waals surface area contributed by atoms with Gasteiger partial charge in [-0.05, 0) is 54.7 Å². The molecule has 0 fully saturated rings. The number of halogens is 1. The summed E-state index contributed by atoms with van der Waals surface area (Å²) in [5.74, 6) is 0.747. The van der Waals surface area contributed by atoms with Crippen LogP contribution in [0.5, 0.6) is 0 Å². The largest absolute Gasteiger partial charge is 0.699 e. The third-order valence-electron chi connectivity index (χ3n) is 5.62. The standard InChI is InChI=1S/C19H17N4.C8H9ClN.Y/c1-13-5-2-3-7-15(13)18-16-12-21-10-8-17(16)22-19(23-18)14-6-4-9-20-11-14;1-2-6-5-7(10)3-4-8(6)9;/h2-7,9,11H,8,10,12H2,1H3;3-5,10H,2H2,1H3;/q2*-1;. The van der Waals surface area contributed by atoms with E-state index in [1.54, 1.807) is 24.4 Å². The third kappa shape index (κ3) is 6.28. The van der Waals surface area contributed by atoms with Gasteiger partial charge in [-0.1, -0.05) is 54.9 Å². The Balaban J connectivity index is 0.000000250. The van der Waals surface area contributed by atoms with E-state index in [0.717, 1.165) is 63.9 Å². The van der Waals surface area contributed by atoms with Gasteiger partial charge in [-0.15, -0.1) is 18.8 Å². The van der Waals surface area contributed by atoms with Gasteiger partial charge in [0.2, 0.25) is 0 Å². The Labute approximate surface area is 231 Å². The summed E-state index contributed by atoms with van der Waals surface area (Å²) in [4.78, 5) is 13.9. The van der Waals surface area contributed by atoms with E-state index in [1.165, 1.54) is 5.56 Å². The Morgan fingerprint density at radius 3 is 2.59 bits per heavy atom. The number of nitrogens with zero attached hydrogens (tertiary/aromatic N) is 4. The monoisotopic (exact) mass is 544 g/mol. The fourth-order valence-corrected chi connectivity index (χ4v) is 4.06. The van der Waals surface area contributed by atoms with Crippen LogP contribution in [0.2, 0.25) is 5.02 Å². The number of rotatable bonds is 3.